The number of likely N-dealkylation sites (tertiary alicyclic amines) is 1. The van der Waals surface area contributed by atoms with Crippen molar-refractivity contribution in [3.05, 3.63) is 23.9 Å². The normalized spacial score (nSPS) is 21.9. The highest BCUT2D eigenvalue weighted by Crippen LogP contribution is 2.13. The fourth-order valence-corrected chi connectivity index (χ4v) is 1.94. The molecule has 1 aliphatic heterocycles. The third-order valence-corrected chi connectivity index (χ3v) is 2.76. The lowest BCUT2D eigenvalue weighted by atomic mass is 10.2. The van der Waals surface area contributed by atoms with Gasteiger partial charge in [0.2, 0.25) is 0 Å². The summed E-state index contributed by atoms with van der Waals surface area (Å²) in [5.41, 5.74) is 6.49. The summed E-state index contributed by atoms with van der Waals surface area (Å²) in [6.07, 6.45) is 1.19. The van der Waals surface area contributed by atoms with Gasteiger partial charge in [-0.2, -0.15) is 0 Å². The lowest BCUT2D eigenvalue weighted by Crippen LogP contribution is -2.24. The third-order valence-electron chi connectivity index (χ3n) is 2.76. The summed E-state index contributed by atoms with van der Waals surface area (Å²) in [5.74, 6) is 0.943. The number of pyridine rings is 1. The van der Waals surface area contributed by atoms with Crippen molar-refractivity contribution in [1.82, 2.24) is 9.88 Å². The molecule has 2 heterocycles. The summed E-state index contributed by atoms with van der Waals surface area (Å²) < 4.78 is 0. The van der Waals surface area contributed by atoms with Gasteiger partial charge in [-0.15, -0.1) is 0 Å². The Hall–Kier alpha value is -1.13. The molecule has 0 aliphatic carbocycles. The largest absolute Gasteiger partial charge is 0.366 e. The molecule has 82 valence electrons. The minimum atomic E-state index is 0.500. The molecule has 0 saturated carbocycles. The number of hydrogen-bond donors (Lipinski definition) is 2. The highest BCUT2D eigenvalue weighted by molar-refractivity contribution is 5.36. The molecule has 0 radical (unpaired) electrons. The van der Waals surface area contributed by atoms with Crippen LogP contribution in [0.25, 0.3) is 0 Å². The maximum absolute atomic E-state index is 5.55. The van der Waals surface area contributed by atoms with Crippen molar-refractivity contribution in [1.29, 1.82) is 0 Å². The SMILES string of the molecule is CN1CCC(Nc2cccc(CN)n2)C1. The molecule has 1 aliphatic rings. The van der Waals surface area contributed by atoms with Gasteiger partial charge in [-0.25, -0.2) is 4.98 Å². The van der Waals surface area contributed by atoms with Crippen molar-refractivity contribution in [3.63, 3.8) is 0 Å². The van der Waals surface area contributed by atoms with Crippen LogP contribution < -0.4 is 11.1 Å². The van der Waals surface area contributed by atoms with Gasteiger partial charge in [0.1, 0.15) is 5.82 Å². The number of nitrogens with one attached hydrogen (secondary N) is 1. The summed E-state index contributed by atoms with van der Waals surface area (Å²) in [5, 5.41) is 3.44. The first-order valence-electron chi connectivity index (χ1n) is 5.39. The van der Waals surface area contributed by atoms with Gasteiger partial charge in [-0.3, -0.25) is 0 Å². The van der Waals surface area contributed by atoms with Gasteiger partial charge < -0.3 is 16.0 Å². The van der Waals surface area contributed by atoms with Gasteiger partial charge in [0.05, 0.1) is 5.69 Å². The maximum atomic E-state index is 5.55. The van der Waals surface area contributed by atoms with Gasteiger partial charge in [-0.05, 0) is 32.1 Å². The molecule has 2 rings (SSSR count). The summed E-state index contributed by atoms with van der Waals surface area (Å²) >= 11 is 0. The molecule has 15 heavy (non-hydrogen) atoms. The molecule has 0 aromatic carbocycles. The molecular weight excluding hydrogens is 188 g/mol. The van der Waals surface area contributed by atoms with E-state index in [1.807, 2.05) is 18.2 Å². The zero-order valence-electron chi connectivity index (χ0n) is 9.11. The van der Waals surface area contributed by atoms with Crippen molar-refractivity contribution < 1.29 is 0 Å². The minimum absolute atomic E-state index is 0.500. The van der Waals surface area contributed by atoms with E-state index in [-0.39, 0.29) is 0 Å². The second-order valence-corrected chi connectivity index (χ2v) is 4.11. The molecule has 1 atom stereocenters. The Balaban J connectivity index is 1.98. The van der Waals surface area contributed by atoms with Gasteiger partial charge in [0.25, 0.3) is 0 Å². The molecule has 4 nitrogen and oxygen atoms in total. The first-order valence-corrected chi connectivity index (χ1v) is 5.39. The van der Waals surface area contributed by atoms with Crippen LogP contribution in [-0.2, 0) is 6.54 Å². The average Bonchev–Trinajstić information content (AvgIpc) is 2.64. The standard InChI is InChI=1S/C11H18N4/c1-15-6-5-10(8-15)14-11-4-2-3-9(7-12)13-11/h2-4,10H,5-8,12H2,1H3,(H,13,14). The molecule has 1 aromatic heterocycles. The van der Waals surface area contributed by atoms with Crippen molar-refractivity contribution >= 4 is 5.82 Å². The van der Waals surface area contributed by atoms with Crippen LogP contribution in [0.4, 0.5) is 5.82 Å². The van der Waals surface area contributed by atoms with Crippen LogP contribution in [0.5, 0.6) is 0 Å². The summed E-state index contributed by atoms with van der Waals surface area (Å²) in [6, 6.07) is 6.47. The van der Waals surface area contributed by atoms with Crippen molar-refractivity contribution in [2.24, 2.45) is 5.73 Å². The molecule has 0 bridgehead atoms. The predicted octanol–water partition coefficient (Wildman–Crippen LogP) is 0.656. The zero-order chi connectivity index (χ0) is 10.7. The summed E-state index contributed by atoms with van der Waals surface area (Å²) in [7, 11) is 2.14. The van der Waals surface area contributed by atoms with Crippen LogP contribution in [0.3, 0.4) is 0 Å². The maximum Gasteiger partial charge on any atom is 0.126 e. The molecule has 1 fully saturated rings. The lowest BCUT2D eigenvalue weighted by molar-refractivity contribution is 0.414. The van der Waals surface area contributed by atoms with Crippen molar-refractivity contribution in [3.8, 4) is 0 Å². The smallest absolute Gasteiger partial charge is 0.126 e. The van der Waals surface area contributed by atoms with E-state index in [0.717, 1.165) is 24.6 Å². The molecule has 1 aromatic rings. The second-order valence-electron chi connectivity index (χ2n) is 4.11. The number of rotatable bonds is 3. The highest BCUT2D eigenvalue weighted by atomic mass is 15.2. The Morgan fingerprint density at radius 3 is 3.13 bits per heavy atom. The van der Waals surface area contributed by atoms with E-state index in [1.165, 1.54) is 6.42 Å². The van der Waals surface area contributed by atoms with Crippen LogP contribution in [0, 0.1) is 0 Å². The number of aromatic nitrogens is 1. The molecule has 0 amide bonds. The van der Waals surface area contributed by atoms with Crippen LogP contribution in [0.15, 0.2) is 18.2 Å². The number of nitrogens with two attached hydrogens (primary N) is 1. The Morgan fingerprint density at radius 1 is 1.60 bits per heavy atom. The Kier molecular flexibility index (Phi) is 3.18. The Labute approximate surface area is 90.5 Å². The van der Waals surface area contributed by atoms with Crippen molar-refractivity contribution in [2.45, 2.75) is 19.0 Å². The number of likely N-dealkylation sites (N-methyl/N-ethyl adjacent to an activating group) is 1. The number of nitrogens with zero attached hydrogens (tertiary/aromatic N) is 2. The Morgan fingerprint density at radius 2 is 2.47 bits per heavy atom. The second kappa shape index (κ2) is 4.59. The molecule has 3 N–H and O–H groups in total. The van der Waals surface area contributed by atoms with E-state index < -0.39 is 0 Å². The predicted molar refractivity (Wildman–Crippen MR) is 61.7 cm³/mol. The van der Waals surface area contributed by atoms with E-state index in [2.05, 4.69) is 22.2 Å². The van der Waals surface area contributed by atoms with Gasteiger partial charge in [0.15, 0.2) is 0 Å². The fraction of sp³-hybridized carbons (Fsp3) is 0.545. The number of anilines is 1. The summed E-state index contributed by atoms with van der Waals surface area (Å²) in [4.78, 5) is 6.75. The molecule has 1 saturated heterocycles. The van der Waals surface area contributed by atoms with Crippen LogP contribution in [-0.4, -0.2) is 36.1 Å². The van der Waals surface area contributed by atoms with E-state index in [0.29, 0.717) is 12.6 Å². The summed E-state index contributed by atoms with van der Waals surface area (Å²) in [6.45, 7) is 2.75. The highest BCUT2D eigenvalue weighted by Gasteiger charge is 2.19. The van der Waals surface area contributed by atoms with Gasteiger partial charge in [0, 0.05) is 19.1 Å². The van der Waals surface area contributed by atoms with E-state index >= 15 is 0 Å². The molecule has 0 spiro atoms. The van der Waals surface area contributed by atoms with Crippen LogP contribution in [0.2, 0.25) is 0 Å². The number of hydrogen-bond acceptors (Lipinski definition) is 4. The molecule has 4 heteroatoms. The van der Waals surface area contributed by atoms with E-state index in [4.69, 9.17) is 5.73 Å². The van der Waals surface area contributed by atoms with E-state index in [1.54, 1.807) is 0 Å². The van der Waals surface area contributed by atoms with Crippen LogP contribution in [0.1, 0.15) is 12.1 Å². The fourth-order valence-electron chi connectivity index (χ4n) is 1.94. The van der Waals surface area contributed by atoms with Gasteiger partial charge >= 0.3 is 0 Å². The first kappa shape index (κ1) is 10.4. The van der Waals surface area contributed by atoms with Gasteiger partial charge in [-0.1, -0.05) is 6.07 Å². The Bertz CT molecular complexity index is 326. The first-order chi connectivity index (χ1) is 7.28. The van der Waals surface area contributed by atoms with Crippen LogP contribution >= 0.6 is 0 Å². The average molecular weight is 206 g/mol. The zero-order valence-corrected chi connectivity index (χ0v) is 9.11. The molecular formula is C11H18N4. The lowest BCUT2D eigenvalue weighted by Gasteiger charge is -2.13. The monoisotopic (exact) mass is 206 g/mol. The topological polar surface area (TPSA) is 54.2 Å². The minimum Gasteiger partial charge on any atom is -0.366 e. The molecule has 1 unspecified atom stereocenters. The third kappa shape index (κ3) is 2.67. The van der Waals surface area contributed by atoms with E-state index in [9.17, 15) is 0 Å². The van der Waals surface area contributed by atoms with Crippen molar-refractivity contribution in [2.75, 3.05) is 25.5 Å². The quantitative estimate of drug-likeness (QED) is 0.762.